The highest BCUT2D eigenvalue weighted by Gasteiger charge is 2.13. The number of carbonyl (C=O) groups excluding carboxylic acids is 1. The Kier molecular flexibility index (Phi) is 3.52. The molecule has 0 unspecified atom stereocenters. The van der Waals surface area contributed by atoms with Crippen molar-refractivity contribution in [2.24, 2.45) is 5.92 Å². The van der Waals surface area contributed by atoms with Gasteiger partial charge in [0.1, 0.15) is 11.4 Å². The molecule has 0 fully saturated rings. The minimum absolute atomic E-state index is 0.537. The predicted molar refractivity (Wildman–Crippen MR) is 82.4 cm³/mol. The summed E-state index contributed by atoms with van der Waals surface area (Å²) in [5.41, 5.74) is 3.45. The van der Waals surface area contributed by atoms with Gasteiger partial charge in [-0.05, 0) is 24.0 Å². The third-order valence-electron chi connectivity index (χ3n) is 3.42. The van der Waals surface area contributed by atoms with E-state index >= 15 is 0 Å². The van der Waals surface area contributed by atoms with Crippen molar-refractivity contribution in [1.82, 2.24) is 14.4 Å². The number of aldehydes is 1. The summed E-state index contributed by atoms with van der Waals surface area (Å²) >= 11 is 0. The fourth-order valence-corrected chi connectivity index (χ4v) is 2.50. The number of imidazole rings is 1. The first-order chi connectivity index (χ1) is 10.2. The minimum atomic E-state index is 0.537. The Bertz CT molecular complexity index is 772. The molecule has 2 aromatic heterocycles. The number of hydrogen-bond donors (Lipinski definition) is 0. The third kappa shape index (κ3) is 2.57. The molecule has 4 nitrogen and oxygen atoms in total. The number of rotatable bonds is 4. The third-order valence-corrected chi connectivity index (χ3v) is 3.42. The Morgan fingerprint density at radius 3 is 2.67 bits per heavy atom. The van der Waals surface area contributed by atoms with Crippen LogP contribution in [0.5, 0.6) is 0 Å². The van der Waals surface area contributed by atoms with Gasteiger partial charge in [0.2, 0.25) is 5.78 Å². The zero-order valence-electron chi connectivity index (χ0n) is 12.2. The molecule has 1 aromatic carbocycles. The Labute approximate surface area is 123 Å². The lowest BCUT2D eigenvalue weighted by molar-refractivity contribution is 0.111. The largest absolute Gasteiger partial charge is 0.296 e. The zero-order chi connectivity index (χ0) is 14.8. The van der Waals surface area contributed by atoms with E-state index in [-0.39, 0.29) is 0 Å². The SMILES string of the molecule is CC(C)Cc1ccc(-c2nc3ncccn3c2C=O)cc1. The van der Waals surface area contributed by atoms with Crippen LogP contribution in [0.3, 0.4) is 0 Å². The average molecular weight is 279 g/mol. The number of carbonyl (C=O) groups is 1. The maximum atomic E-state index is 11.4. The van der Waals surface area contributed by atoms with Crippen LogP contribution in [0.4, 0.5) is 0 Å². The van der Waals surface area contributed by atoms with Crippen molar-refractivity contribution >= 4 is 12.1 Å². The molecule has 0 bridgehead atoms. The molecule has 0 saturated carbocycles. The smallest absolute Gasteiger partial charge is 0.234 e. The van der Waals surface area contributed by atoms with Crippen LogP contribution in [0, 0.1) is 5.92 Å². The molecule has 4 heteroatoms. The number of fused-ring (bicyclic) bond motifs is 1. The van der Waals surface area contributed by atoms with E-state index in [1.165, 1.54) is 5.56 Å². The lowest BCUT2D eigenvalue weighted by atomic mass is 10.0. The van der Waals surface area contributed by atoms with Crippen LogP contribution < -0.4 is 0 Å². The van der Waals surface area contributed by atoms with Crippen LogP contribution in [0.25, 0.3) is 17.0 Å². The summed E-state index contributed by atoms with van der Waals surface area (Å²) in [6.45, 7) is 4.40. The number of benzene rings is 1. The molecule has 3 aromatic rings. The van der Waals surface area contributed by atoms with Crippen LogP contribution in [-0.2, 0) is 6.42 Å². The number of aromatic nitrogens is 3. The van der Waals surface area contributed by atoms with E-state index in [2.05, 4.69) is 35.9 Å². The summed E-state index contributed by atoms with van der Waals surface area (Å²) < 4.78 is 1.71. The summed E-state index contributed by atoms with van der Waals surface area (Å²) in [5, 5.41) is 0. The van der Waals surface area contributed by atoms with E-state index in [0.29, 0.717) is 23.1 Å². The van der Waals surface area contributed by atoms with Crippen molar-refractivity contribution in [2.75, 3.05) is 0 Å². The maximum absolute atomic E-state index is 11.4. The minimum Gasteiger partial charge on any atom is -0.296 e. The van der Waals surface area contributed by atoms with E-state index in [1.54, 1.807) is 22.9 Å². The van der Waals surface area contributed by atoms with Crippen molar-refractivity contribution in [3.8, 4) is 11.3 Å². The molecule has 0 saturated heterocycles. The highest BCUT2D eigenvalue weighted by Crippen LogP contribution is 2.23. The molecular formula is C17H17N3O. The highest BCUT2D eigenvalue weighted by molar-refractivity contribution is 5.85. The summed E-state index contributed by atoms with van der Waals surface area (Å²) in [6, 6.07) is 10.0. The quantitative estimate of drug-likeness (QED) is 0.688. The van der Waals surface area contributed by atoms with Gasteiger partial charge in [-0.1, -0.05) is 38.1 Å². The molecule has 0 atom stereocenters. The Morgan fingerprint density at radius 2 is 2.00 bits per heavy atom. The van der Waals surface area contributed by atoms with Crippen molar-refractivity contribution in [3.63, 3.8) is 0 Å². The van der Waals surface area contributed by atoms with E-state index in [0.717, 1.165) is 18.3 Å². The first-order valence-corrected chi connectivity index (χ1v) is 7.06. The van der Waals surface area contributed by atoms with Gasteiger partial charge in [-0.15, -0.1) is 0 Å². The van der Waals surface area contributed by atoms with Crippen LogP contribution >= 0.6 is 0 Å². The van der Waals surface area contributed by atoms with Gasteiger partial charge in [0, 0.05) is 18.0 Å². The van der Waals surface area contributed by atoms with Crippen LogP contribution in [0.1, 0.15) is 29.9 Å². The fourth-order valence-electron chi connectivity index (χ4n) is 2.50. The second-order valence-corrected chi connectivity index (χ2v) is 5.55. The summed E-state index contributed by atoms with van der Waals surface area (Å²) in [6.07, 6.45) is 5.36. The molecule has 0 aliphatic heterocycles. The first-order valence-electron chi connectivity index (χ1n) is 7.06. The monoisotopic (exact) mass is 279 g/mol. The Balaban J connectivity index is 2.05. The van der Waals surface area contributed by atoms with Crippen molar-refractivity contribution in [1.29, 1.82) is 0 Å². The van der Waals surface area contributed by atoms with Gasteiger partial charge in [0.05, 0.1) is 0 Å². The molecule has 2 heterocycles. The van der Waals surface area contributed by atoms with E-state index < -0.39 is 0 Å². The normalized spacial score (nSPS) is 11.2. The number of nitrogens with zero attached hydrogens (tertiary/aromatic N) is 3. The van der Waals surface area contributed by atoms with E-state index in [4.69, 9.17) is 0 Å². The van der Waals surface area contributed by atoms with Gasteiger partial charge < -0.3 is 0 Å². The average Bonchev–Trinajstić information content (AvgIpc) is 2.86. The Hall–Kier alpha value is -2.49. The van der Waals surface area contributed by atoms with Gasteiger partial charge in [-0.3, -0.25) is 9.20 Å². The molecule has 21 heavy (non-hydrogen) atoms. The van der Waals surface area contributed by atoms with Crippen LogP contribution in [0.2, 0.25) is 0 Å². The van der Waals surface area contributed by atoms with Crippen molar-refractivity contribution in [2.45, 2.75) is 20.3 Å². The lowest BCUT2D eigenvalue weighted by Crippen LogP contribution is -1.94. The second kappa shape index (κ2) is 5.48. The molecule has 0 aliphatic rings. The number of hydrogen-bond acceptors (Lipinski definition) is 3. The molecule has 3 rings (SSSR count). The lowest BCUT2D eigenvalue weighted by Gasteiger charge is -2.05. The summed E-state index contributed by atoms with van der Waals surface area (Å²) in [5.74, 6) is 1.17. The summed E-state index contributed by atoms with van der Waals surface area (Å²) in [7, 11) is 0. The van der Waals surface area contributed by atoms with E-state index in [1.807, 2.05) is 12.1 Å². The van der Waals surface area contributed by atoms with Gasteiger partial charge >= 0.3 is 0 Å². The molecular weight excluding hydrogens is 262 g/mol. The topological polar surface area (TPSA) is 47.3 Å². The van der Waals surface area contributed by atoms with Gasteiger partial charge in [-0.2, -0.15) is 0 Å². The maximum Gasteiger partial charge on any atom is 0.234 e. The van der Waals surface area contributed by atoms with Crippen LogP contribution in [-0.4, -0.2) is 20.7 Å². The fraction of sp³-hybridized carbons (Fsp3) is 0.235. The molecule has 0 N–H and O–H groups in total. The van der Waals surface area contributed by atoms with Gasteiger partial charge in [0.25, 0.3) is 0 Å². The molecule has 0 aliphatic carbocycles. The zero-order valence-corrected chi connectivity index (χ0v) is 12.2. The van der Waals surface area contributed by atoms with Crippen LogP contribution in [0.15, 0.2) is 42.7 Å². The standard InChI is InChI=1S/C17H17N3O/c1-12(2)10-13-4-6-14(7-5-13)16-15(11-21)20-9-3-8-18-17(20)19-16/h3-9,11-12H,10H2,1-2H3. The molecule has 0 amide bonds. The predicted octanol–water partition coefficient (Wildman–Crippen LogP) is 3.41. The first kappa shape index (κ1) is 13.5. The van der Waals surface area contributed by atoms with Crippen molar-refractivity contribution < 1.29 is 4.79 Å². The Morgan fingerprint density at radius 1 is 1.24 bits per heavy atom. The molecule has 106 valence electrons. The van der Waals surface area contributed by atoms with Crippen molar-refractivity contribution in [3.05, 3.63) is 54.0 Å². The highest BCUT2D eigenvalue weighted by atomic mass is 16.1. The summed E-state index contributed by atoms with van der Waals surface area (Å²) in [4.78, 5) is 20.1. The second-order valence-electron chi connectivity index (χ2n) is 5.55. The van der Waals surface area contributed by atoms with E-state index in [9.17, 15) is 4.79 Å². The van der Waals surface area contributed by atoms with Gasteiger partial charge in [-0.25, -0.2) is 9.97 Å². The molecule has 0 spiro atoms. The van der Waals surface area contributed by atoms with Gasteiger partial charge in [0.15, 0.2) is 6.29 Å². The molecule has 0 radical (unpaired) electrons.